The van der Waals surface area contributed by atoms with Crippen LogP contribution in [0.2, 0.25) is 0 Å². The van der Waals surface area contributed by atoms with E-state index in [0.29, 0.717) is 17.1 Å². The van der Waals surface area contributed by atoms with Gasteiger partial charge in [0, 0.05) is 6.08 Å². The van der Waals surface area contributed by atoms with Gasteiger partial charge in [-0.2, -0.15) is 0 Å². The minimum Gasteiger partial charge on any atom is -0.504 e. The second-order valence-electron chi connectivity index (χ2n) is 2.97. The Morgan fingerprint density at radius 3 is 2.38 bits per heavy atom. The average Bonchev–Trinajstić information content (AvgIpc) is 2.26. The number of ether oxygens (including phenoxy) is 2. The number of carbonyl (C=O) groups excluding carboxylic acids is 1. The van der Waals surface area contributed by atoms with E-state index in [1.807, 2.05) is 0 Å². The van der Waals surface area contributed by atoms with E-state index in [9.17, 15) is 9.90 Å². The van der Waals surface area contributed by atoms with Gasteiger partial charge >= 0.3 is 0 Å². The minimum absolute atomic E-state index is 0.0978. The molecule has 3 N–H and O–H groups in total. The van der Waals surface area contributed by atoms with Crippen LogP contribution < -0.4 is 15.2 Å². The fourth-order valence-corrected chi connectivity index (χ4v) is 1.24. The number of aromatic hydroxyl groups is 1. The lowest BCUT2D eigenvalue weighted by molar-refractivity contribution is -0.113. The highest BCUT2D eigenvalue weighted by Gasteiger charge is 2.11. The molecule has 0 saturated heterocycles. The molecule has 0 aliphatic carbocycles. The standard InChI is InChI=1S/C11H13NO4/c1-15-8-4-5-9(16-2)11(14)7(8)3-6-10(12)13/h3-6,14H,1-2H3,(H2,12,13)/b6-3+. The predicted molar refractivity (Wildman–Crippen MR) is 59.4 cm³/mol. The Kier molecular flexibility index (Phi) is 3.77. The summed E-state index contributed by atoms with van der Waals surface area (Å²) in [7, 11) is 2.89. The van der Waals surface area contributed by atoms with Crippen molar-refractivity contribution in [2.45, 2.75) is 0 Å². The first kappa shape index (κ1) is 11.9. The lowest BCUT2D eigenvalue weighted by Gasteiger charge is -2.10. The predicted octanol–water partition coefficient (Wildman–Crippen LogP) is 0.908. The highest BCUT2D eigenvalue weighted by molar-refractivity contribution is 5.91. The second kappa shape index (κ2) is 5.06. The van der Waals surface area contributed by atoms with Gasteiger partial charge in [-0.3, -0.25) is 4.79 Å². The van der Waals surface area contributed by atoms with Crippen molar-refractivity contribution in [1.82, 2.24) is 0 Å². The maximum Gasteiger partial charge on any atom is 0.241 e. The summed E-state index contributed by atoms with van der Waals surface area (Å²) in [6.45, 7) is 0. The first-order valence-corrected chi connectivity index (χ1v) is 4.51. The van der Waals surface area contributed by atoms with Crippen LogP contribution >= 0.6 is 0 Å². The van der Waals surface area contributed by atoms with E-state index in [1.165, 1.54) is 20.3 Å². The van der Waals surface area contributed by atoms with Gasteiger partial charge < -0.3 is 20.3 Å². The van der Waals surface area contributed by atoms with E-state index in [-0.39, 0.29) is 5.75 Å². The van der Waals surface area contributed by atoms with Gasteiger partial charge in [-0.1, -0.05) is 0 Å². The smallest absolute Gasteiger partial charge is 0.241 e. The van der Waals surface area contributed by atoms with Crippen molar-refractivity contribution >= 4 is 12.0 Å². The largest absolute Gasteiger partial charge is 0.504 e. The Labute approximate surface area is 93.1 Å². The maximum absolute atomic E-state index is 10.6. The van der Waals surface area contributed by atoms with Crippen molar-refractivity contribution < 1.29 is 19.4 Å². The molecule has 0 aliphatic rings. The van der Waals surface area contributed by atoms with Crippen LogP contribution in [0.3, 0.4) is 0 Å². The van der Waals surface area contributed by atoms with Gasteiger partial charge in [-0.25, -0.2) is 0 Å². The third-order valence-corrected chi connectivity index (χ3v) is 1.99. The fourth-order valence-electron chi connectivity index (χ4n) is 1.24. The number of hydrogen-bond donors (Lipinski definition) is 2. The first-order valence-electron chi connectivity index (χ1n) is 4.51. The molecule has 0 unspecified atom stereocenters. The van der Waals surface area contributed by atoms with Crippen LogP contribution in [0.4, 0.5) is 0 Å². The van der Waals surface area contributed by atoms with E-state index in [1.54, 1.807) is 12.1 Å². The minimum atomic E-state index is -0.607. The summed E-state index contributed by atoms with van der Waals surface area (Å²) in [6.07, 6.45) is 2.51. The summed E-state index contributed by atoms with van der Waals surface area (Å²) in [5.74, 6) is 0.0179. The number of hydrogen-bond acceptors (Lipinski definition) is 4. The number of phenols is 1. The van der Waals surface area contributed by atoms with Crippen LogP contribution in [-0.2, 0) is 4.79 Å². The highest BCUT2D eigenvalue weighted by atomic mass is 16.5. The van der Waals surface area contributed by atoms with E-state index >= 15 is 0 Å². The molecule has 0 saturated carbocycles. The number of benzene rings is 1. The van der Waals surface area contributed by atoms with Gasteiger partial charge in [0.25, 0.3) is 0 Å². The third-order valence-electron chi connectivity index (χ3n) is 1.99. The summed E-state index contributed by atoms with van der Waals surface area (Å²) < 4.78 is 9.98. The van der Waals surface area contributed by atoms with Crippen LogP contribution in [0.15, 0.2) is 18.2 Å². The number of amides is 1. The van der Waals surface area contributed by atoms with Crippen molar-refractivity contribution in [3.8, 4) is 17.2 Å². The van der Waals surface area contributed by atoms with Gasteiger partial charge in [-0.05, 0) is 18.2 Å². The number of rotatable bonds is 4. The monoisotopic (exact) mass is 223 g/mol. The highest BCUT2D eigenvalue weighted by Crippen LogP contribution is 2.37. The topological polar surface area (TPSA) is 81.8 Å². The molecule has 1 rings (SSSR count). The third kappa shape index (κ3) is 2.44. The molecule has 0 heterocycles. The Hall–Kier alpha value is -2.17. The molecule has 5 heteroatoms. The van der Waals surface area contributed by atoms with Crippen molar-refractivity contribution in [2.75, 3.05) is 14.2 Å². The zero-order valence-electron chi connectivity index (χ0n) is 9.06. The number of carbonyl (C=O) groups is 1. The number of phenolic OH excluding ortho intramolecular Hbond substituents is 1. The molecule has 0 spiro atoms. The van der Waals surface area contributed by atoms with E-state index in [4.69, 9.17) is 15.2 Å². The number of methoxy groups -OCH3 is 2. The summed E-state index contributed by atoms with van der Waals surface area (Å²) in [4.78, 5) is 10.6. The second-order valence-corrected chi connectivity index (χ2v) is 2.97. The van der Waals surface area contributed by atoms with Gasteiger partial charge in [-0.15, -0.1) is 0 Å². The van der Waals surface area contributed by atoms with E-state index in [0.717, 1.165) is 6.08 Å². The zero-order chi connectivity index (χ0) is 12.1. The quantitative estimate of drug-likeness (QED) is 0.743. The molecule has 0 aliphatic heterocycles. The van der Waals surface area contributed by atoms with Crippen molar-refractivity contribution in [1.29, 1.82) is 0 Å². The van der Waals surface area contributed by atoms with Gasteiger partial charge in [0.05, 0.1) is 19.8 Å². The Morgan fingerprint density at radius 1 is 1.31 bits per heavy atom. The zero-order valence-corrected chi connectivity index (χ0v) is 9.06. The lowest BCUT2D eigenvalue weighted by Crippen LogP contribution is -2.05. The van der Waals surface area contributed by atoms with Crippen molar-refractivity contribution in [3.05, 3.63) is 23.8 Å². The normalized spacial score (nSPS) is 10.4. The lowest BCUT2D eigenvalue weighted by atomic mass is 10.1. The summed E-state index contributed by atoms with van der Waals surface area (Å²) in [5, 5.41) is 9.81. The van der Waals surface area contributed by atoms with Crippen LogP contribution in [0, 0.1) is 0 Å². The summed E-state index contributed by atoms with van der Waals surface area (Å²) in [6, 6.07) is 3.19. The van der Waals surface area contributed by atoms with Gasteiger partial charge in [0.15, 0.2) is 11.5 Å². The van der Waals surface area contributed by atoms with E-state index < -0.39 is 5.91 Å². The first-order chi connectivity index (χ1) is 7.60. The molecule has 0 atom stereocenters. The maximum atomic E-state index is 10.6. The molecule has 1 aromatic rings. The molecular weight excluding hydrogens is 210 g/mol. The van der Waals surface area contributed by atoms with E-state index in [2.05, 4.69) is 0 Å². The molecule has 0 radical (unpaired) electrons. The fraction of sp³-hybridized carbons (Fsp3) is 0.182. The van der Waals surface area contributed by atoms with Gasteiger partial charge in [0.2, 0.25) is 5.91 Å². The van der Waals surface area contributed by atoms with Crippen molar-refractivity contribution in [3.63, 3.8) is 0 Å². The molecule has 86 valence electrons. The summed E-state index contributed by atoms with van der Waals surface area (Å²) in [5.41, 5.74) is 5.32. The molecule has 1 aromatic carbocycles. The van der Waals surface area contributed by atoms with Crippen LogP contribution in [0.1, 0.15) is 5.56 Å². The molecule has 0 bridgehead atoms. The summed E-state index contributed by atoms with van der Waals surface area (Å²) >= 11 is 0. The Morgan fingerprint density at radius 2 is 1.88 bits per heavy atom. The SMILES string of the molecule is COc1ccc(OC)c(/C=C/C(N)=O)c1O. The van der Waals surface area contributed by atoms with Crippen LogP contribution in [-0.4, -0.2) is 25.2 Å². The molecular formula is C11H13NO4. The number of nitrogens with two attached hydrogens (primary N) is 1. The molecule has 1 amide bonds. The van der Waals surface area contributed by atoms with Gasteiger partial charge in [0.1, 0.15) is 5.75 Å². The number of primary amides is 1. The van der Waals surface area contributed by atoms with Crippen LogP contribution in [0.5, 0.6) is 17.2 Å². The molecule has 5 nitrogen and oxygen atoms in total. The molecule has 0 fully saturated rings. The Balaban J connectivity index is 3.26. The Bertz CT molecular complexity index is 426. The van der Waals surface area contributed by atoms with Crippen molar-refractivity contribution in [2.24, 2.45) is 5.73 Å². The molecule has 16 heavy (non-hydrogen) atoms. The average molecular weight is 223 g/mol. The van der Waals surface area contributed by atoms with Crippen LogP contribution in [0.25, 0.3) is 6.08 Å². The molecule has 0 aromatic heterocycles.